The highest BCUT2D eigenvalue weighted by atomic mass is 19.1. The zero-order chi connectivity index (χ0) is 18.7. The van der Waals surface area contributed by atoms with Gasteiger partial charge in [0.05, 0.1) is 24.2 Å². The topological polar surface area (TPSA) is 103 Å². The number of anilines is 1. The summed E-state index contributed by atoms with van der Waals surface area (Å²) in [5.74, 6) is -0.835. The van der Waals surface area contributed by atoms with Crippen LogP contribution in [0.25, 0.3) is 10.9 Å². The Hall–Kier alpha value is -3.19. The number of hydrogen-bond donors (Lipinski definition) is 3. The highest BCUT2D eigenvalue weighted by molar-refractivity contribution is 6.07. The minimum absolute atomic E-state index is 0.171. The highest BCUT2D eigenvalue weighted by Gasteiger charge is 2.15. The minimum Gasteiger partial charge on any atom is -0.494 e. The Morgan fingerprint density at radius 1 is 1.31 bits per heavy atom. The van der Waals surface area contributed by atoms with E-state index in [9.17, 15) is 9.18 Å². The molecule has 1 atom stereocenters. The lowest BCUT2D eigenvalue weighted by molar-refractivity contribution is 0.100. The summed E-state index contributed by atoms with van der Waals surface area (Å²) in [5.41, 5.74) is 13.6. The Kier molecular flexibility index (Phi) is 4.99. The van der Waals surface area contributed by atoms with Crippen molar-refractivity contribution in [1.82, 2.24) is 4.98 Å². The number of primary amides is 1. The second kappa shape index (κ2) is 7.37. The first-order chi connectivity index (χ1) is 12.5. The van der Waals surface area contributed by atoms with Crippen molar-refractivity contribution in [3.63, 3.8) is 0 Å². The number of carbonyl (C=O) groups excluding carboxylic acids is 1. The average molecular weight is 354 g/mol. The third-order valence-corrected chi connectivity index (χ3v) is 4.18. The molecule has 0 aliphatic heterocycles. The number of hydrogen-bond acceptors (Lipinski definition) is 5. The van der Waals surface area contributed by atoms with Crippen molar-refractivity contribution in [2.45, 2.75) is 6.04 Å². The molecule has 1 aromatic heterocycles. The van der Waals surface area contributed by atoms with E-state index >= 15 is 0 Å². The molecule has 0 saturated carbocycles. The Balaban J connectivity index is 2.00. The van der Waals surface area contributed by atoms with E-state index in [1.165, 1.54) is 13.2 Å². The minimum atomic E-state index is -0.548. The van der Waals surface area contributed by atoms with Gasteiger partial charge in [-0.05, 0) is 29.8 Å². The van der Waals surface area contributed by atoms with Gasteiger partial charge in [-0.3, -0.25) is 9.78 Å². The summed E-state index contributed by atoms with van der Waals surface area (Å²) >= 11 is 0. The average Bonchev–Trinajstić information content (AvgIpc) is 2.65. The number of para-hydroxylation sites is 1. The van der Waals surface area contributed by atoms with Crippen LogP contribution < -0.4 is 21.5 Å². The molecule has 26 heavy (non-hydrogen) atoms. The van der Waals surface area contributed by atoms with E-state index < -0.39 is 11.7 Å². The van der Waals surface area contributed by atoms with Gasteiger partial charge < -0.3 is 21.5 Å². The number of benzene rings is 2. The summed E-state index contributed by atoms with van der Waals surface area (Å²) in [6, 6.07) is 11.3. The number of methoxy groups -OCH3 is 1. The summed E-state index contributed by atoms with van der Waals surface area (Å²) in [7, 11) is 1.41. The second-order valence-corrected chi connectivity index (χ2v) is 5.75. The van der Waals surface area contributed by atoms with Crippen LogP contribution >= 0.6 is 0 Å². The molecule has 0 radical (unpaired) electrons. The van der Waals surface area contributed by atoms with Crippen LogP contribution in [0.15, 0.2) is 48.7 Å². The smallest absolute Gasteiger partial charge is 0.250 e. The molecule has 0 spiro atoms. The third-order valence-electron chi connectivity index (χ3n) is 4.18. The van der Waals surface area contributed by atoms with Gasteiger partial charge in [0, 0.05) is 23.8 Å². The van der Waals surface area contributed by atoms with Crippen LogP contribution in [0.5, 0.6) is 5.75 Å². The number of nitrogens with one attached hydrogen (secondary N) is 1. The maximum atomic E-state index is 14.0. The predicted octanol–water partition coefficient (Wildman–Crippen LogP) is 2.59. The van der Waals surface area contributed by atoms with Gasteiger partial charge in [0.15, 0.2) is 11.6 Å². The van der Waals surface area contributed by atoms with Crippen molar-refractivity contribution < 1.29 is 13.9 Å². The van der Waals surface area contributed by atoms with Gasteiger partial charge in [0.2, 0.25) is 0 Å². The molecule has 0 aliphatic rings. The lowest BCUT2D eigenvalue weighted by Crippen LogP contribution is -2.21. The zero-order valence-corrected chi connectivity index (χ0v) is 14.2. The van der Waals surface area contributed by atoms with E-state index in [0.29, 0.717) is 16.6 Å². The van der Waals surface area contributed by atoms with Crippen LogP contribution in [0.1, 0.15) is 22.0 Å². The number of nitrogens with zero attached hydrogens (tertiary/aromatic N) is 1. The molecule has 3 aromatic rings. The number of nitrogens with two attached hydrogens (primary N) is 2. The molecule has 0 bridgehead atoms. The van der Waals surface area contributed by atoms with Gasteiger partial charge in [-0.2, -0.15) is 0 Å². The molecule has 0 fully saturated rings. The fraction of sp³-hybridized carbons (Fsp3) is 0.158. The largest absolute Gasteiger partial charge is 0.494 e. The fourth-order valence-electron chi connectivity index (χ4n) is 2.87. The molecule has 1 heterocycles. The van der Waals surface area contributed by atoms with E-state index in [-0.39, 0.29) is 18.3 Å². The van der Waals surface area contributed by atoms with Gasteiger partial charge in [-0.25, -0.2) is 4.39 Å². The van der Waals surface area contributed by atoms with Crippen LogP contribution in [0.3, 0.4) is 0 Å². The lowest BCUT2D eigenvalue weighted by Gasteiger charge is -2.20. The first kappa shape index (κ1) is 17.6. The summed E-state index contributed by atoms with van der Waals surface area (Å²) in [5, 5.41) is 4.03. The third kappa shape index (κ3) is 3.29. The fourth-order valence-corrected chi connectivity index (χ4v) is 2.87. The maximum Gasteiger partial charge on any atom is 0.250 e. The molecule has 1 unspecified atom stereocenters. The SMILES string of the molecule is COc1ccc(C(CN)Nc2ccnc3c(C(N)=O)cccc23)cc1F. The van der Waals surface area contributed by atoms with E-state index in [1.807, 2.05) is 6.07 Å². The zero-order valence-electron chi connectivity index (χ0n) is 14.2. The molecular formula is C19H19FN4O2. The first-order valence-electron chi connectivity index (χ1n) is 8.02. The lowest BCUT2D eigenvalue weighted by atomic mass is 10.0. The quantitative estimate of drug-likeness (QED) is 0.631. The summed E-state index contributed by atoms with van der Waals surface area (Å²) in [6.45, 7) is 0.241. The maximum absolute atomic E-state index is 14.0. The Morgan fingerprint density at radius 3 is 2.77 bits per heavy atom. The molecule has 0 aliphatic carbocycles. The van der Waals surface area contributed by atoms with Crippen LogP contribution in [-0.2, 0) is 0 Å². The van der Waals surface area contributed by atoms with Crippen LogP contribution in [-0.4, -0.2) is 24.5 Å². The molecule has 1 amide bonds. The van der Waals surface area contributed by atoms with Gasteiger partial charge in [0.25, 0.3) is 5.91 Å². The standard InChI is InChI=1S/C19H19FN4O2/c1-26-17-6-5-11(9-14(17)20)16(10-21)24-15-7-8-23-18-12(15)3-2-4-13(18)19(22)25/h2-9,16H,10,21H2,1H3,(H2,22,25)(H,23,24). The van der Waals surface area contributed by atoms with Crippen LogP contribution in [0.4, 0.5) is 10.1 Å². The van der Waals surface area contributed by atoms with Gasteiger partial charge >= 0.3 is 0 Å². The van der Waals surface area contributed by atoms with Crippen LogP contribution in [0, 0.1) is 5.82 Å². The summed E-state index contributed by atoms with van der Waals surface area (Å²) < 4.78 is 19.0. The van der Waals surface area contributed by atoms with Crippen molar-refractivity contribution in [1.29, 1.82) is 0 Å². The van der Waals surface area contributed by atoms with Crippen molar-refractivity contribution >= 4 is 22.5 Å². The Labute approximate surface area is 150 Å². The van der Waals surface area contributed by atoms with E-state index in [1.54, 1.807) is 36.5 Å². The highest BCUT2D eigenvalue weighted by Crippen LogP contribution is 2.29. The number of rotatable bonds is 6. The number of fused-ring (bicyclic) bond motifs is 1. The predicted molar refractivity (Wildman–Crippen MR) is 98.6 cm³/mol. The summed E-state index contributed by atoms with van der Waals surface area (Å²) in [6.07, 6.45) is 1.58. The van der Waals surface area contributed by atoms with Crippen molar-refractivity contribution in [3.8, 4) is 5.75 Å². The number of ether oxygens (including phenoxy) is 1. The molecule has 3 rings (SSSR count). The van der Waals surface area contributed by atoms with Crippen molar-refractivity contribution in [2.24, 2.45) is 11.5 Å². The summed E-state index contributed by atoms with van der Waals surface area (Å²) in [4.78, 5) is 15.9. The van der Waals surface area contributed by atoms with Gasteiger partial charge in [0.1, 0.15) is 0 Å². The Bertz CT molecular complexity index is 961. The molecule has 0 saturated heterocycles. The van der Waals surface area contributed by atoms with Gasteiger partial charge in [-0.1, -0.05) is 18.2 Å². The number of halogens is 1. The van der Waals surface area contributed by atoms with Crippen molar-refractivity contribution in [3.05, 3.63) is 65.6 Å². The molecule has 134 valence electrons. The number of aromatic nitrogens is 1. The van der Waals surface area contributed by atoms with Crippen molar-refractivity contribution in [2.75, 3.05) is 19.0 Å². The number of pyridine rings is 1. The molecular weight excluding hydrogens is 335 g/mol. The van der Waals surface area contributed by atoms with E-state index in [2.05, 4.69) is 10.3 Å². The molecule has 5 N–H and O–H groups in total. The molecule has 7 heteroatoms. The van der Waals surface area contributed by atoms with Gasteiger partial charge in [-0.15, -0.1) is 0 Å². The second-order valence-electron chi connectivity index (χ2n) is 5.75. The van der Waals surface area contributed by atoms with Crippen LogP contribution in [0.2, 0.25) is 0 Å². The monoisotopic (exact) mass is 354 g/mol. The number of amides is 1. The van der Waals surface area contributed by atoms with E-state index in [4.69, 9.17) is 16.2 Å². The Morgan fingerprint density at radius 2 is 2.12 bits per heavy atom. The van der Waals surface area contributed by atoms with E-state index in [0.717, 1.165) is 11.1 Å². The first-order valence-corrected chi connectivity index (χ1v) is 8.02. The normalized spacial score (nSPS) is 12.0. The number of carbonyl (C=O) groups is 1. The molecule has 6 nitrogen and oxygen atoms in total. The molecule has 2 aromatic carbocycles.